The Morgan fingerprint density at radius 2 is 1.85 bits per heavy atom. The lowest BCUT2D eigenvalue weighted by Crippen LogP contribution is -2.31. The molecule has 0 saturated heterocycles. The van der Waals surface area contributed by atoms with Gasteiger partial charge in [0.15, 0.2) is 0 Å². The van der Waals surface area contributed by atoms with E-state index in [4.69, 9.17) is 11.6 Å². The second-order valence-electron chi connectivity index (χ2n) is 5.97. The molecule has 2 aliphatic rings. The van der Waals surface area contributed by atoms with Crippen LogP contribution in [0, 0.1) is 0 Å². The van der Waals surface area contributed by atoms with Gasteiger partial charge in [0.2, 0.25) is 0 Å². The first-order valence-corrected chi connectivity index (χ1v) is 7.45. The Kier molecular flexibility index (Phi) is 2.55. The van der Waals surface area contributed by atoms with Gasteiger partial charge in [0.05, 0.1) is 0 Å². The van der Waals surface area contributed by atoms with Gasteiger partial charge in [-0.3, -0.25) is 4.79 Å². The van der Waals surface area contributed by atoms with Gasteiger partial charge in [0.1, 0.15) is 5.78 Å². The molecule has 2 bridgehead atoms. The summed E-state index contributed by atoms with van der Waals surface area (Å²) in [6.07, 6.45) is 2.27. The quantitative estimate of drug-likeness (QED) is 0.754. The highest BCUT2D eigenvalue weighted by Gasteiger charge is 2.50. The highest BCUT2D eigenvalue weighted by Crippen LogP contribution is 2.58. The molecule has 2 aromatic rings. The lowest BCUT2D eigenvalue weighted by molar-refractivity contribution is -0.121. The molecular formula is C18H15ClO. The lowest BCUT2D eigenvalue weighted by atomic mass is 9.68. The van der Waals surface area contributed by atoms with Crippen LogP contribution in [0.5, 0.6) is 0 Å². The van der Waals surface area contributed by atoms with E-state index in [9.17, 15) is 4.79 Å². The predicted molar refractivity (Wildman–Crippen MR) is 80.3 cm³/mol. The van der Waals surface area contributed by atoms with E-state index in [1.807, 2.05) is 18.2 Å². The summed E-state index contributed by atoms with van der Waals surface area (Å²) >= 11 is 6.42. The van der Waals surface area contributed by atoms with Crippen LogP contribution in [0.3, 0.4) is 0 Å². The summed E-state index contributed by atoms with van der Waals surface area (Å²) in [5.41, 5.74) is 3.58. The van der Waals surface area contributed by atoms with E-state index in [0.29, 0.717) is 24.5 Å². The SMILES string of the molecule is O=C1CC2CC(c3ccccc3)(C1)c1cccc(Cl)c12. The van der Waals surface area contributed by atoms with E-state index >= 15 is 0 Å². The third-order valence-electron chi connectivity index (χ3n) is 4.87. The van der Waals surface area contributed by atoms with Crippen LogP contribution in [0.1, 0.15) is 41.9 Å². The summed E-state index contributed by atoms with van der Waals surface area (Å²) in [7, 11) is 0. The van der Waals surface area contributed by atoms with Crippen molar-refractivity contribution in [3.8, 4) is 0 Å². The summed E-state index contributed by atoms with van der Waals surface area (Å²) in [5, 5.41) is 0.819. The standard InChI is InChI=1S/C18H15ClO/c19-16-8-4-7-15-17(16)12-9-14(20)11-18(15,10-12)13-5-2-1-3-6-13/h1-8,12H,9-11H2. The van der Waals surface area contributed by atoms with E-state index in [-0.39, 0.29) is 5.41 Å². The van der Waals surface area contributed by atoms with Gasteiger partial charge in [0, 0.05) is 23.3 Å². The van der Waals surface area contributed by atoms with Gasteiger partial charge in [-0.05, 0) is 35.1 Å². The monoisotopic (exact) mass is 282 g/mol. The van der Waals surface area contributed by atoms with Gasteiger partial charge in [-0.25, -0.2) is 0 Å². The van der Waals surface area contributed by atoms with Crippen molar-refractivity contribution in [2.45, 2.75) is 30.6 Å². The van der Waals surface area contributed by atoms with E-state index in [1.54, 1.807) is 0 Å². The average molecular weight is 283 g/mol. The number of hydrogen-bond acceptors (Lipinski definition) is 1. The van der Waals surface area contributed by atoms with Crippen molar-refractivity contribution in [3.63, 3.8) is 0 Å². The van der Waals surface area contributed by atoms with Crippen LogP contribution in [-0.2, 0) is 10.2 Å². The summed E-state index contributed by atoms with van der Waals surface area (Å²) in [6, 6.07) is 16.5. The molecule has 2 atom stereocenters. The summed E-state index contributed by atoms with van der Waals surface area (Å²) in [5.74, 6) is 0.650. The highest BCUT2D eigenvalue weighted by molar-refractivity contribution is 6.31. The Hall–Kier alpha value is -1.60. The summed E-state index contributed by atoms with van der Waals surface area (Å²) in [6.45, 7) is 0. The van der Waals surface area contributed by atoms with Crippen LogP contribution in [0.2, 0.25) is 5.02 Å². The number of halogens is 1. The normalized spacial score (nSPS) is 27.4. The number of fused-ring (bicyclic) bond motifs is 5. The number of carbonyl (C=O) groups is 1. The molecule has 20 heavy (non-hydrogen) atoms. The van der Waals surface area contributed by atoms with Crippen molar-refractivity contribution >= 4 is 17.4 Å². The minimum Gasteiger partial charge on any atom is -0.300 e. The van der Waals surface area contributed by atoms with Gasteiger partial charge in [-0.1, -0.05) is 54.1 Å². The first kappa shape index (κ1) is 12.2. The van der Waals surface area contributed by atoms with Crippen molar-refractivity contribution in [3.05, 3.63) is 70.2 Å². The minimum atomic E-state index is -0.151. The fraction of sp³-hybridized carbons (Fsp3) is 0.278. The molecule has 2 aromatic carbocycles. The van der Waals surface area contributed by atoms with Crippen molar-refractivity contribution in [1.29, 1.82) is 0 Å². The first-order chi connectivity index (χ1) is 9.71. The van der Waals surface area contributed by atoms with Crippen molar-refractivity contribution < 1.29 is 4.79 Å². The molecule has 0 amide bonds. The van der Waals surface area contributed by atoms with Crippen LogP contribution in [0.15, 0.2) is 48.5 Å². The number of rotatable bonds is 1. The van der Waals surface area contributed by atoms with Crippen LogP contribution in [0.4, 0.5) is 0 Å². The van der Waals surface area contributed by atoms with Crippen LogP contribution < -0.4 is 0 Å². The topological polar surface area (TPSA) is 17.1 Å². The van der Waals surface area contributed by atoms with Crippen LogP contribution >= 0.6 is 11.6 Å². The number of ketones is 1. The van der Waals surface area contributed by atoms with E-state index < -0.39 is 0 Å². The number of benzene rings is 2. The maximum Gasteiger partial charge on any atom is 0.134 e. The van der Waals surface area contributed by atoms with Crippen LogP contribution in [-0.4, -0.2) is 5.78 Å². The largest absolute Gasteiger partial charge is 0.300 e. The Morgan fingerprint density at radius 3 is 2.65 bits per heavy atom. The third kappa shape index (κ3) is 1.53. The zero-order valence-corrected chi connectivity index (χ0v) is 11.9. The molecule has 2 heteroatoms. The molecular weight excluding hydrogens is 268 g/mol. The number of hydrogen-bond donors (Lipinski definition) is 0. The number of Topliss-reactive ketones (excluding diaryl/α,β-unsaturated/α-hetero) is 1. The second kappa shape index (κ2) is 4.20. The van der Waals surface area contributed by atoms with Crippen molar-refractivity contribution in [1.82, 2.24) is 0 Å². The predicted octanol–water partition coefficient (Wildman–Crippen LogP) is 4.48. The average Bonchev–Trinajstić information content (AvgIpc) is 2.70. The molecule has 0 heterocycles. The smallest absolute Gasteiger partial charge is 0.134 e. The number of carbonyl (C=O) groups excluding carboxylic acids is 1. The maximum atomic E-state index is 12.2. The molecule has 0 spiro atoms. The third-order valence-corrected chi connectivity index (χ3v) is 5.20. The molecule has 0 aromatic heterocycles. The van der Waals surface area contributed by atoms with Crippen molar-refractivity contribution in [2.75, 3.05) is 0 Å². The van der Waals surface area contributed by atoms with Gasteiger partial charge < -0.3 is 0 Å². The van der Waals surface area contributed by atoms with Gasteiger partial charge in [-0.2, -0.15) is 0 Å². The first-order valence-electron chi connectivity index (χ1n) is 7.07. The van der Waals surface area contributed by atoms with E-state index in [1.165, 1.54) is 16.7 Å². The second-order valence-corrected chi connectivity index (χ2v) is 6.38. The highest BCUT2D eigenvalue weighted by atomic mass is 35.5. The molecule has 2 unspecified atom stereocenters. The Bertz CT molecular complexity index is 692. The summed E-state index contributed by atoms with van der Waals surface area (Å²) in [4.78, 5) is 12.2. The minimum absolute atomic E-state index is 0.151. The molecule has 0 N–H and O–H groups in total. The van der Waals surface area contributed by atoms with Gasteiger partial charge in [0.25, 0.3) is 0 Å². The van der Waals surface area contributed by atoms with E-state index in [2.05, 4.69) is 30.3 Å². The molecule has 1 saturated carbocycles. The molecule has 1 nitrogen and oxygen atoms in total. The molecule has 2 aliphatic carbocycles. The van der Waals surface area contributed by atoms with E-state index in [0.717, 1.165) is 11.4 Å². The summed E-state index contributed by atoms with van der Waals surface area (Å²) < 4.78 is 0. The zero-order valence-electron chi connectivity index (χ0n) is 11.1. The maximum absolute atomic E-state index is 12.2. The fourth-order valence-electron chi connectivity index (χ4n) is 4.16. The van der Waals surface area contributed by atoms with Crippen LogP contribution in [0.25, 0.3) is 0 Å². The fourth-order valence-corrected chi connectivity index (χ4v) is 4.49. The molecule has 0 radical (unpaired) electrons. The Labute approximate surface area is 123 Å². The molecule has 100 valence electrons. The Balaban J connectivity index is 2.00. The molecule has 0 aliphatic heterocycles. The van der Waals surface area contributed by atoms with Crippen molar-refractivity contribution in [2.24, 2.45) is 0 Å². The Morgan fingerprint density at radius 1 is 1.05 bits per heavy atom. The van der Waals surface area contributed by atoms with Gasteiger partial charge >= 0.3 is 0 Å². The molecule has 4 rings (SSSR count). The zero-order chi connectivity index (χ0) is 13.7. The lowest BCUT2D eigenvalue weighted by Gasteiger charge is -2.34. The van der Waals surface area contributed by atoms with Gasteiger partial charge in [-0.15, -0.1) is 0 Å². The molecule has 1 fully saturated rings.